The lowest BCUT2D eigenvalue weighted by Crippen LogP contribution is -2.44. The molecule has 0 saturated carbocycles. The van der Waals surface area contributed by atoms with E-state index in [0.717, 1.165) is 57.2 Å². The number of para-hydroxylation sites is 1. The monoisotopic (exact) mass is 368 g/mol. The van der Waals surface area contributed by atoms with Gasteiger partial charge in [0.15, 0.2) is 5.82 Å². The van der Waals surface area contributed by atoms with E-state index in [1.165, 1.54) is 6.42 Å². The van der Waals surface area contributed by atoms with E-state index in [2.05, 4.69) is 15.2 Å². The fourth-order valence-electron chi connectivity index (χ4n) is 3.89. The Morgan fingerprint density at radius 2 is 2.00 bits per heavy atom. The van der Waals surface area contributed by atoms with Crippen LogP contribution in [-0.2, 0) is 4.74 Å². The van der Waals surface area contributed by atoms with Crippen LogP contribution in [0.25, 0.3) is 11.4 Å². The Morgan fingerprint density at radius 3 is 2.74 bits per heavy atom. The van der Waals surface area contributed by atoms with Gasteiger partial charge in [0, 0.05) is 44.0 Å². The Hall–Kier alpha value is -2.18. The second-order valence-corrected chi connectivity index (χ2v) is 7.61. The largest absolute Gasteiger partial charge is 0.507 e. The van der Waals surface area contributed by atoms with Gasteiger partial charge in [-0.2, -0.15) is 0 Å². The molecule has 1 aromatic heterocycles. The highest BCUT2D eigenvalue weighted by Crippen LogP contribution is 2.28. The van der Waals surface area contributed by atoms with E-state index in [4.69, 9.17) is 9.72 Å². The van der Waals surface area contributed by atoms with Crippen LogP contribution >= 0.6 is 0 Å². The number of nitrogens with zero attached hydrogens (tertiary/aromatic N) is 3. The van der Waals surface area contributed by atoms with Crippen LogP contribution in [0.1, 0.15) is 25.0 Å². The Balaban J connectivity index is 1.40. The number of phenols is 1. The molecular formula is C21H28N4O2. The lowest BCUT2D eigenvalue weighted by molar-refractivity contribution is 0.184. The van der Waals surface area contributed by atoms with E-state index in [1.807, 2.05) is 31.2 Å². The quantitative estimate of drug-likeness (QED) is 0.846. The summed E-state index contributed by atoms with van der Waals surface area (Å²) < 4.78 is 5.46. The van der Waals surface area contributed by atoms with Gasteiger partial charge in [-0.25, -0.2) is 9.97 Å². The van der Waals surface area contributed by atoms with Crippen LogP contribution in [0.5, 0.6) is 5.75 Å². The van der Waals surface area contributed by atoms with Crippen LogP contribution < -0.4 is 10.2 Å². The van der Waals surface area contributed by atoms with Crippen molar-refractivity contribution in [1.29, 1.82) is 0 Å². The zero-order chi connectivity index (χ0) is 18.6. The van der Waals surface area contributed by atoms with Crippen molar-refractivity contribution in [2.24, 2.45) is 5.92 Å². The highest BCUT2D eigenvalue weighted by atomic mass is 16.5. The van der Waals surface area contributed by atoms with Crippen LogP contribution in [0.3, 0.4) is 0 Å². The summed E-state index contributed by atoms with van der Waals surface area (Å²) in [4.78, 5) is 11.6. The average molecular weight is 368 g/mol. The van der Waals surface area contributed by atoms with Crippen LogP contribution in [0, 0.1) is 12.8 Å². The number of aromatic hydroxyl groups is 1. The van der Waals surface area contributed by atoms with E-state index in [1.54, 1.807) is 6.07 Å². The summed E-state index contributed by atoms with van der Waals surface area (Å²) >= 11 is 0. The Labute approximate surface area is 160 Å². The van der Waals surface area contributed by atoms with Crippen molar-refractivity contribution in [1.82, 2.24) is 15.3 Å². The summed E-state index contributed by atoms with van der Waals surface area (Å²) in [6, 6.07) is 9.84. The number of rotatable bonds is 5. The molecule has 1 unspecified atom stereocenters. The van der Waals surface area contributed by atoms with Crippen molar-refractivity contribution in [2.75, 3.05) is 37.7 Å². The number of benzene rings is 1. The molecule has 3 heterocycles. The van der Waals surface area contributed by atoms with Gasteiger partial charge in [0.1, 0.15) is 11.6 Å². The second kappa shape index (κ2) is 8.23. The van der Waals surface area contributed by atoms with Gasteiger partial charge in [-0.3, -0.25) is 0 Å². The summed E-state index contributed by atoms with van der Waals surface area (Å²) in [5, 5.41) is 13.8. The third-order valence-corrected chi connectivity index (χ3v) is 5.52. The van der Waals surface area contributed by atoms with E-state index >= 15 is 0 Å². The second-order valence-electron chi connectivity index (χ2n) is 7.61. The summed E-state index contributed by atoms with van der Waals surface area (Å²) in [6.07, 6.45) is 3.41. The van der Waals surface area contributed by atoms with Gasteiger partial charge in [0.05, 0.1) is 12.2 Å². The molecule has 0 bridgehead atoms. The molecule has 1 atom stereocenters. The fraction of sp³-hybridized carbons (Fsp3) is 0.524. The maximum Gasteiger partial charge on any atom is 0.165 e. The number of hydrogen-bond donors (Lipinski definition) is 2. The molecule has 2 aromatic rings. The van der Waals surface area contributed by atoms with Crippen molar-refractivity contribution in [3.63, 3.8) is 0 Å². The summed E-state index contributed by atoms with van der Waals surface area (Å²) in [5.41, 5.74) is 1.59. The first kappa shape index (κ1) is 18.2. The predicted molar refractivity (Wildman–Crippen MR) is 106 cm³/mol. The average Bonchev–Trinajstić information content (AvgIpc) is 3.20. The zero-order valence-corrected chi connectivity index (χ0v) is 15.9. The topological polar surface area (TPSA) is 70.5 Å². The van der Waals surface area contributed by atoms with Crippen molar-refractivity contribution in [3.05, 3.63) is 36.0 Å². The van der Waals surface area contributed by atoms with E-state index in [9.17, 15) is 5.11 Å². The van der Waals surface area contributed by atoms with Crippen molar-refractivity contribution in [3.8, 4) is 17.1 Å². The Morgan fingerprint density at radius 1 is 1.19 bits per heavy atom. The minimum absolute atomic E-state index is 0.216. The number of piperidine rings is 1. The molecule has 0 spiro atoms. The molecule has 2 N–H and O–H groups in total. The first-order valence-corrected chi connectivity index (χ1v) is 9.89. The molecule has 2 aliphatic rings. The van der Waals surface area contributed by atoms with E-state index in [0.29, 0.717) is 23.3 Å². The SMILES string of the molecule is Cc1cc(N2CCC(NCC3CCOC3)CC2)nc(-c2ccccc2O)n1. The minimum Gasteiger partial charge on any atom is -0.507 e. The highest BCUT2D eigenvalue weighted by Gasteiger charge is 2.23. The van der Waals surface area contributed by atoms with Crippen molar-refractivity contribution >= 4 is 5.82 Å². The van der Waals surface area contributed by atoms with E-state index in [-0.39, 0.29) is 5.75 Å². The molecule has 0 radical (unpaired) electrons. The third kappa shape index (κ3) is 4.39. The fourth-order valence-corrected chi connectivity index (χ4v) is 3.89. The van der Waals surface area contributed by atoms with Gasteiger partial charge in [-0.05, 0) is 44.2 Å². The number of hydrogen-bond acceptors (Lipinski definition) is 6. The van der Waals surface area contributed by atoms with Crippen LogP contribution in [-0.4, -0.2) is 54.0 Å². The zero-order valence-electron chi connectivity index (χ0n) is 15.9. The van der Waals surface area contributed by atoms with Gasteiger partial charge in [0.2, 0.25) is 0 Å². The van der Waals surface area contributed by atoms with Gasteiger partial charge in [-0.15, -0.1) is 0 Å². The lowest BCUT2D eigenvalue weighted by atomic mass is 10.0. The molecule has 27 heavy (non-hydrogen) atoms. The summed E-state index contributed by atoms with van der Waals surface area (Å²) in [5.74, 6) is 2.43. The molecular weight excluding hydrogens is 340 g/mol. The molecule has 4 rings (SSSR count). The molecule has 144 valence electrons. The van der Waals surface area contributed by atoms with Gasteiger partial charge < -0.3 is 20.1 Å². The van der Waals surface area contributed by atoms with E-state index < -0.39 is 0 Å². The predicted octanol–water partition coefficient (Wildman–Crippen LogP) is 2.75. The standard InChI is InChI=1S/C21H28N4O2/c1-15-12-20(24-21(23-15)18-4-2-3-5-19(18)26)25-9-6-17(7-10-25)22-13-16-8-11-27-14-16/h2-5,12,16-17,22,26H,6-11,13-14H2,1H3. The highest BCUT2D eigenvalue weighted by molar-refractivity contribution is 5.65. The number of aryl methyl sites for hydroxylation is 1. The number of aromatic nitrogens is 2. The van der Waals surface area contributed by atoms with Gasteiger partial charge >= 0.3 is 0 Å². The molecule has 0 aliphatic carbocycles. The maximum absolute atomic E-state index is 10.1. The molecule has 2 fully saturated rings. The molecule has 1 aromatic carbocycles. The van der Waals surface area contributed by atoms with Crippen LogP contribution in [0.2, 0.25) is 0 Å². The number of anilines is 1. The number of phenolic OH excluding ortho intramolecular Hbond substituents is 1. The molecule has 6 nitrogen and oxygen atoms in total. The molecule has 6 heteroatoms. The first-order valence-electron chi connectivity index (χ1n) is 9.89. The van der Waals surface area contributed by atoms with Crippen molar-refractivity contribution in [2.45, 2.75) is 32.2 Å². The van der Waals surface area contributed by atoms with Gasteiger partial charge in [-0.1, -0.05) is 12.1 Å². The smallest absolute Gasteiger partial charge is 0.165 e. The normalized spacial score (nSPS) is 20.9. The van der Waals surface area contributed by atoms with Crippen LogP contribution in [0.4, 0.5) is 5.82 Å². The Kier molecular flexibility index (Phi) is 5.55. The molecule has 2 aliphatic heterocycles. The van der Waals surface area contributed by atoms with Crippen molar-refractivity contribution < 1.29 is 9.84 Å². The first-order chi connectivity index (χ1) is 13.2. The minimum atomic E-state index is 0.216. The molecule has 2 saturated heterocycles. The number of nitrogens with one attached hydrogen (secondary N) is 1. The maximum atomic E-state index is 10.1. The van der Waals surface area contributed by atoms with Crippen LogP contribution in [0.15, 0.2) is 30.3 Å². The number of ether oxygens (including phenoxy) is 1. The summed E-state index contributed by atoms with van der Waals surface area (Å²) in [7, 11) is 0. The molecule has 0 amide bonds. The lowest BCUT2D eigenvalue weighted by Gasteiger charge is -2.34. The summed E-state index contributed by atoms with van der Waals surface area (Å²) in [6.45, 7) is 6.82. The third-order valence-electron chi connectivity index (χ3n) is 5.52. The Bertz CT molecular complexity index is 769. The van der Waals surface area contributed by atoms with Gasteiger partial charge in [0.25, 0.3) is 0 Å².